The summed E-state index contributed by atoms with van der Waals surface area (Å²) in [7, 11) is 3.30. The Morgan fingerprint density at radius 1 is 1.16 bits per heavy atom. The summed E-state index contributed by atoms with van der Waals surface area (Å²) < 4.78 is 11.4. The maximum absolute atomic E-state index is 5.96. The van der Waals surface area contributed by atoms with E-state index < -0.39 is 0 Å². The summed E-state index contributed by atoms with van der Waals surface area (Å²) in [4.78, 5) is 1.18. The maximum Gasteiger partial charge on any atom is 0.142 e. The molecule has 0 saturated heterocycles. The van der Waals surface area contributed by atoms with Gasteiger partial charge >= 0.3 is 0 Å². The minimum absolute atomic E-state index is 0.151. The molecular formula is C14H16ClNO2S. The number of benzene rings is 1. The summed E-state index contributed by atoms with van der Waals surface area (Å²) in [5.41, 5.74) is 0.902. The van der Waals surface area contributed by atoms with Crippen LogP contribution in [0.2, 0.25) is 4.34 Å². The van der Waals surface area contributed by atoms with Crippen molar-refractivity contribution in [3.8, 4) is 11.5 Å². The normalized spacial score (nSPS) is 12.0. The first-order valence-electron chi connectivity index (χ1n) is 5.88. The highest BCUT2D eigenvalue weighted by molar-refractivity contribution is 7.16. The van der Waals surface area contributed by atoms with Crippen molar-refractivity contribution in [2.45, 2.75) is 13.0 Å². The molecule has 102 valence electrons. The van der Waals surface area contributed by atoms with Crippen LogP contribution < -0.4 is 14.8 Å². The molecule has 1 atom stereocenters. The van der Waals surface area contributed by atoms with Crippen LogP contribution in [-0.2, 0) is 0 Å². The van der Waals surface area contributed by atoms with Crippen molar-refractivity contribution in [2.75, 3.05) is 19.5 Å². The van der Waals surface area contributed by atoms with Gasteiger partial charge in [-0.2, -0.15) is 0 Å². The van der Waals surface area contributed by atoms with Gasteiger partial charge in [0, 0.05) is 10.9 Å². The molecule has 2 rings (SSSR count). The van der Waals surface area contributed by atoms with E-state index in [0.717, 1.165) is 21.5 Å². The fraction of sp³-hybridized carbons (Fsp3) is 0.286. The fourth-order valence-electron chi connectivity index (χ4n) is 1.79. The number of methoxy groups -OCH3 is 2. The van der Waals surface area contributed by atoms with Crippen molar-refractivity contribution in [1.82, 2.24) is 0 Å². The Morgan fingerprint density at radius 2 is 1.95 bits per heavy atom. The summed E-state index contributed by atoms with van der Waals surface area (Å²) in [6.45, 7) is 2.08. The molecule has 0 aliphatic heterocycles. The van der Waals surface area contributed by atoms with Gasteiger partial charge < -0.3 is 14.8 Å². The summed E-state index contributed by atoms with van der Waals surface area (Å²) in [5.74, 6) is 1.58. The highest BCUT2D eigenvalue weighted by atomic mass is 35.5. The topological polar surface area (TPSA) is 30.5 Å². The van der Waals surface area contributed by atoms with Crippen molar-refractivity contribution < 1.29 is 9.47 Å². The number of thiophene rings is 1. The lowest BCUT2D eigenvalue weighted by Crippen LogP contribution is -2.06. The van der Waals surface area contributed by atoms with E-state index in [0.29, 0.717) is 0 Å². The van der Waals surface area contributed by atoms with Gasteiger partial charge in [0.25, 0.3) is 0 Å². The smallest absolute Gasteiger partial charge is 0.142 e. The highest BCUT2D eigenvalue weighted by Gasteiger charge is 2.11. The van der Waals surface area contributed by atoms with E-state index in [9.17, 15) is 0 Å². The molecule has 1 N–H and O–H groups in total. The van der Waals surface area contributed by atoms with Gasteiger partial charge in [-0.05, 0) is 31.2 Å². The summed E-state index contributed by atoms with van der Waals surface area (Å²) in [5, 5.41) is 3.41. The molecule has 0 aliphatic carbocycles. The Kier molecular flexibility index (Phi) is 4.56. The Morgan fingerprint density at radius 3 is 2.53 bits per heavy atom. The van der Waals surface area contributed by atoms with E-state index in [1.807, 2.05) is 30.3 Å². The number of hydrogen-bond donors (Lipinski definition) is 1. The standard InChI is InChI=1S/C14H16ClNO2S/c1-9(13-6-7-14(15)19-13)16-11-8-10(17-2)4-5-12(11)18-3/h4-9,16H,1-3H3. The molecule has 2 aromatic rings. The third-order valence-electron chi connectivity index (χ3n) is 2.80. The molecule has 1 aromatic heterocycles. The molecule has 0 fully saturated rings. The molecule has 0 radical (unpaired) electrons. The molecule has 1 aromatic carbocycles. The minimum atomic E-state index is 0.151. The van der Waals surface area contributed by atoms with Crippen LogP contribution in [0.5, 0.6) is 11.5 Å². The molecule has 0 spiro atoms. The lowest BCUT2D eigenvalue weighted by atomic mass is 10.2. The summed E-state index contributed by atoms with van der Waals surface area (Å²) >= 11 is 7.53. The molecule has 0 saturated carbocycles. The van der Waals surface area contributed by atoms with Crippen molar-refractivity contribution >= 4 is 28.6 Å². The largest absolute Gasteiger partial charge is 0.497 e. The zero-order chi connectivity index (χ0) is 13.8. The van der Waals surface area contributed by atoms with Crippen molar-refractivity contribution in [2.24, 2.45) is 0 Å². The van der Waals surface area contributed by atoms with E-state index in [1.54, 1.807) is 25.6 Å². The van der Waals surface area contributed by atoms with Gasteiger partial charge in [-0.1, -0.05) is 11.6 Å². The first-order valence-corrected chi connectivity index (χ1v) is 7.07. The van der Waals surface area contributed by atoms with Gasteiger partial charge in [-0.15, -0.1) is 11.3 Å². The van der Waals surface area contributed by atoms with Gasteiger partial charge in [0.2, 0.25) is 0 Å². The highest BCUT2D eigenvalue weighted by Crippen LogP contribution is 2.34. The SMILES string of the molecule is COc1ccc(OC)c(NC(C)c2ccc(Cl)s2)c1. The molecule has 0 amide bonds. The zero-order valence-corrected chi connectivity index (χ0v) is 12.6. The second-order valence-electron chi connectivity index (χ2n) is 4.07. The minimum Gasteiger partial charge on any atom is -0.497 e. The van der Waals surface area contributed by atoms with Crippen LogP contribution >= 0.6 is 22.9 Å². The first-order chi connectivity index (χ1) is 9.13. The van der Waals surface area contributed by atoms with Gasteiger partial charge in [0.1, 0.15) is 11.5 Å². The van der Waals surface area contributed by atoms with E-state index in [-0.39, 0.29) is 6.04 Å². The average Bonchev–Trinajstić information content (AvgIpc) is 2.85. The van der Waals surface area contributed by atoms with Gasteiger partial charge in [0.05, 0.1) is 30.3 Å². The van der Waals surface area contributed by atoms with E-state index in [2.05, 4.69) is 12.2 Å². The van der Waals surface area contributed by atoms with Crippen LogP contribution in [0.3, 0.4) is 0 Å². The lowest BCUT2D eigenvalue weighted by Gasteiger charge is -2.17. The molecule has 0 bridgehead atoms. The molecule has 19 heavy (non-hydrogen) atoms. The van der Waals surface area contributed by atoms with Gasteiger partial charge in [-0.25, -0.2) is 0 Å². The van der Waals surface area contributed by atoms with Gasteiger partial charge in [0.15, 0.2) is 0 Å². The van der Waals surface area contributed by atoms with Crippen LogP contribution in [0.15, 0.2) is 30.3 Å². The van der Waals surface area contributed by atoms with Crippen molar-refractivity contribution in [3.05, 3.63) is 39.5 Å². The number of rotatable bonds is 5. The number of nitrogens with one attached hydrogen (secondary N) is 1. The predicted octanol–water partition coefficient (Wildman–Crippen LogP) is 4.59. The Bertz CT molecular complexity index is 556. The van der Waals surface area contributed by atoms with Crippen LogP contribution in [0.1, 0.15) is 17.8 Å². The van der Waals surface area contributed by atoms with E-state index >= 15 is 0 Å². The fourth-order valence-corrected chi connectivity index (χ4v) is 2.86. The monoisotopic (exact) mass is 297 g/mol. The van der Waals surface area contributed by atoms with E-state index in [1.165, 1.54) is 4.88 Å². The molecule has 3 nitrogen and oxygen atoms in total. The van der Waals surface area contributed by atoms with Crippen LogP contribution in [0.25, 0.3) is 0 Å². The van der Waals surface area contributed by atoms with Crippen LogP contribution in [-0.4, -0.2) is 14.2 Å². The second-order valence-corrected chi connectivity index (χ2v) is 5.82. The number of ether oxygens (including phenoxy) is 2. The number of anilines is 1. The lowest BCUT2D eigenvalue weighted by molar-refractivity contribution is 0.404. The summed E-state index contributed by atoms with van der Waals surface area (Å²) in [6, 6.07) is 9.76. The maximum atomic E-state index is 5.96. The third kappa shape index (κ3) is 3.33. The molecule has 5 heteroatoms. The predicted molar refractivity (Wildman–Crippen MR) is 80.9 cm³/mol. The molecular weight excluding hydrogens is 282 g/mol. The zero-order valence-electron chi connectivity index (χ0n) is 11.1. The van der Waals surface area contributed by atoms with Crippen LogP contribution in [0.4, 0.5) is 5.69 Å². The number of hydrogen-bond acceptors (Lipinski definition) is 4. The Labute approximate surface area is 122 Å². The molecule has 0 aliphatic rings. The quantitative estimate of drug-likeness (QED) is 0.875. The third-order valence-corrected chi connectivity index (χ3v) is 4.21. The molecule has 1 heterocycles. The first kappa shape index (κ1) is 14.0. The Hall–Kier alpha value is -1.39. The Balaban J connectivity index is 2.21. The van der Waals surface area contributed by atoms with Gasteiger partial charge in [-0.3, -0.25) is 0 Å². The van der Waals surface area contributed by atoms with Crippen molar-refractivity contribution in [3.63, 3.8) is 0 Å². The van der Waals surface area contributed by atoms with E-state index in [4.69, 9.17) is 21.1 Å². The number of halogens is 1. The average molecular weight is 298 g/mol. The summed E-state index contributed by atoms with van der Waals surface area (Å²) in [6.07, 6.45) is 0. The second kappa shape index (κ2) is 6.17. The molecule has 1 unspecified atom stereocenters. The van der Waals surface area contributed by atoms with Crippen LogP contribution in [0, 0.1) is 0 Å². The van der Waals surface area contributed by atoms with Crippen molar-refractivity contribution in [1.29, 1.82) is 0 Å².